The van der Waals surface area contributed by atoms with Gasteiger partial charge < -0.3 is 20.1 Å². The zero-order valence-corrected chi connectivity index (χ0v) is 13.1. The second kappa shape index (κ2) is 8.12. The van der Waals surface area contributed by atoms with Crippen LogP contribution in [0.2, 0.25) is 0 Å². The van der Waals surface area contributed by atoms with Crippen molar-refractivity contribution in [3.05, 3.63) is 24.3 Å². The second-order valence-electron chi connectivity index (χ2n) is 5.39. The monoisotopic (exact) mass is 280 g/mol. The highest BCUT2D eigenvalue weighted by atomic mass is 16.5. The van der Waals surface area contributed by atoms with Gasteiger partial charge in [-0.05, 0) is 38.4 Å². The Morgan fingerprint density at radius 2 is 2.10 bits per heavy atom. The van der Waals surface area contributed by atoms with Crippen LogP contribution in [0.3, 0.4) is 0 Å². The largest absolute Gasteiger partial charge is 0.494 e. The maximum Gasteiger partial charge on any atom is 0.121 e. The fraction of sp³-hybridized carbons (Fsp3) is 0.625. The molecule has 0 heterocycles. The Labute approximate surface area is 122 Å². The third-order valence-electron chi connectivity index (χ3n) is 3.91. The molecule has 0 aliphatic rings. The summed E-state index contributed by atoms with van der Waals surface area (Å²) in [6.07, 6.45) is 2.74. The van der Waals surface area contributed by atoms with E-state index < -0.39 is 0 Å². The Morgan fingerprint density at radius 3 is 2.65 bits per heavy atom. The van der Waals surface area contributed by atoms with Crippen LogP contribution in [0.25, 0.3) is 0 Å². The number of hydrogen-bond acceptors (Lipinski definition) is 4. The summed E-state index contributed by atoms with van der Waals surface area (Å²) in [5.41, 5.74) is 0.963. The molecule has 0 spiro atoms. The molecule has 114 valence electrons. The van der Waals surface area contributed by atoms with Crippen molar-refractivity contribution in [1.29, 1.82) is 0 Å². The van der Waals surface area contributed by atoms with E-state index in [0.717, 1.165) is 30.7 Å². The number of anilines is 1. The van der Waals surface area contributed by atoms with Crippen molar-refractivity contribution in [2.24, 2.45) is 0 Å². The van der Waals surface area contributed by atoms with Crippen LogP contribution in [0, 0.1) is 0 Å². The molecule has 0 aromatic heterocycles. The number of benzene rings is 1. The molecule has 2 N–H and O–H groups in total. The van der Waals surface area contributed by atoms with Crippen molar-refractivity contribution in [3.8, 4) is 5.75 Å². The van der Waals surface area contributed by atoms with Crippen molar-refractivity contribution in [2.45, 2.75) is 31.7 Å². The van der Waals surface area contributed by atoms with Crippen molar-refractivity contribution >= 4 is 5.69 Å². The van der Waals surface area contributed by atoms with Crippen LogP contribution in [-0.4, -0.2) is 45.0 Å². The number of ether oxygens (including phenoxy) is 1. The zero-order chi connectivity index (χ0) is 15.0. The first-order valence-electron chi connectivity index (χ1n) is 7.27. The van der Waals surface area contributed by atoms with Gasteiger partial charge in [-0.25, -0.2) is 0 Å². The topological polar surface area (TPSA) is 44.7 Å². The van der Waals surface area contributed by atoms with E-state index in [0.29, 0.717) is 6.61 Å². The van der Waals surface area contributed by atoms with Crippen molar-refractivity contribution in [3.63, 3.8) is 0 Å². The summed E-state index contributed by atoms with van der Waals surface area (Å²) in [7, 11) is 5.94. The molecule has 1 aromatic carbocycles. The third-order valence-corrected chi connectivity index (χ3v) is 3.91. The highest BCUT2D eigenvalue weighted by molar-refractivity contribution is 5.49. The summed E-state index contributed by atoms with van der Waals surface area (Å²) >= 11 is 0. The van der Waals surface area contributed by atoms with Gasteiger partial charge >= 0.3 is 0 Å². The van der Waals surface area contributed by atoms with E-state index in [2.05, 4.69) is 23.2 Å². The van der Waals surface area contributed by atoms with Crippen LogP contribution in [0.15, 0.2) is 24.3 Å². The van der Waals surface area contributed by atoms with Crippen LogP contribution >= 0.6 is 0 Å². The molecule has 0 fully saturated rings. The lowest BCUT2D eigenvalue weighted by molar-refractivity contribution is 0.145. The highest BCUT2D eigenvalue weighted by Gasteiger charge is 2.24. The molecule has 0 bridgehead atoms. The molecule has 0 aliphatic carbocycles. The summed E-state index contributed by atoms with van der Waals surface area (Å²) in [4.78, 5) is 2.06. The maximum atomic E-state index is 9.48. The third kappa shape index (κ3) is 4.69. The lowest BCUT2D eigenvalue weighted by Crippen LogP contribution is -2.46. The number of aliphatic hydroxyl groups excluding tert-OH is 1. The molecule has 0 aliphatic heterocycles. The van der Waals surface area contributed by atoms with Gasteiger partial charge in [-0.3, -0.25) is 0 Å². The van der Waals surface area contributed by atoms with Crippen LogP contribution < -0.4 is 15.0 Å². The first-order valence-corrected chi connectivity index (χ1v) is 7.27. The molecule has 1 aromatic rings. The molecular weight excluding hydrogens is 252 g/mol. The number of nitrogens with one attached hydrogen (secondary N) is 1. The van der Waals surface area contributed by atoms with Gasteiger partial charge in [0.05, 0.1) is 13.2 Å². The molecule has 0 saturated heterocycles. The Balaban J connectivity index is 2.43. The number of rotatable bonds is 9. The predicted molar refractivity (Wildman–Crippen MR) is 84.7 cm³/mol. The van der Waals surface area contributed by atoms with E-state index in [-0.39, 0.29) is 12.1 Å². The second-order valence-corrected chi connectivity index (χ2v) is 5.39. The summed E-state index contributed by atoms with van der Waals surface area (Å²) in [5, 5.41) is 12.7. The number of nitrogens with zero attached hydrogens (tertiary/aromatic N) is 1. The molecule has 0 amide bonds. The van der Waals surface area contributed by atoms with Gasteiger partial charge in [0.1, 0.15) is 5.75 Å². The average Bonchev–Trinajstić information content (AvgIpc) is 2.48. The van der Waals surface area contributed by atoms with Crippen molar-refractivity contribution in [2.75, 3.05) is 39.3 Å². The Bertz CT molecular complexity index is 382. The number of aliphatic hydroxyl groups is 1. The molecule has 20 heavy (non-hydrogen) atoms. The SMILES string of the molecule is CCC(CO)(CCCOc1cccc(N(C)C)c1)NC. The molecule has 4 heteroatoms. The van der Waals surface area contributed by atoms with Gasteiger partial charge in [-0.15, -0.1) is 0 Å². The van der Waals surface area contributed by atoms with Crippen molar-refractivity contribution < 1.29 is 9.84 Å². The molecule has 1 rings (SSSR count). The smallest absolute Gasteiger partial charge is 0.121 e. The minimum absolute atomic E-state index is 0.163. The lowest BCUT2D eigenvalue weighted by Gasteiger charge is -2.30. The van der Waals surface area contributed by atoms with Gasteiger partial charge in [0, 0.05) is 31.4 Å². The molecule has 1 atom stereocenters. The van der Waals surface area contributed by atoms with Crippen LogP contribution in [0.5, 0.6) is 5.75 Å². The minimum atomic E-state index is -0.172. The van der Waals surface area contributed by atoms with Gasteiger partial charge in [0.25, 0.3) is 0 Å². The van der Waals surface area contributed by atoms with Crippen molar-refractivity contribution in [1.82, 2.24) is 5.32 Å². The predicted octanol–water partition coefficient (Wildman–Crippen LogP) is 2.27. The van der Waals surface area contributed by atoms with Gasteiger partial charge in [-0.1, -0.05) is 13.0 Å². The number of hydrogen-bond donors (Lipinski definition) is 2. The molecule has 1 unspecified atom stereocenters. The average molecular weight is 280 g/mol. The van der Waals surface area contributed by atoms with Gasteiger partial charge in [0.2, 0.25) is 0 Å². The highest BCUT2D eigenvalue weighted by Crippen LogP contribution is 2.21. The van der Waals surface area contributed by atoms with Gasteiger partial charge in [-0.2, -0.15) is 0 Å². The first-order chi connectivity index (χ1) is 9.56. The van der Waals surface area contributed by atoms with E-state index >= 15 is 0 Å². The number of likely N-dealkylation sites (N-methyl/N-ethyl adjacent to an activating group) is 1. The molecule has 4 nitrogen and oxygen atoms in total. The van der Waals surface area contributed by atoms with Gasteiger partial charge in [0.15, 0.2) is 0 Å². The normalized spacial score (nSPS) is 13.8. The minimum Gasteiger partial charge on any atom is -0.494 e. The van der Waals surface area contributed by atoms with E-state index in [4.69, 9.17) is 4.74 Å². The summed E-state index contributed by atoms with van der Waals surface area (Å²) < 4.78 is 5.79. The molecular formula is C16H28N2O2. The standard InChI is InChI=1S/C16H28N2O2/c1-5-16(13-19,17-2)10-7-11-20-15-9-6-8-14(12-15)18(3)4/h6,8-9,12,17,19H,5,7,10-11,13H2,1-4H3. The van der Waals surface area contributed by atoms with Crippen LogP contribution in [0.4, 0.5) is 5.69 Å². The summed E-state index contributed by atoms with van der Waals surface area (Å²) in [6.45, 7) is 2.92. The summed E-state index contributed by atoms with van der Waals surface area (Å²) in [5.74, 6) is 0.895. The Hall–Kier alpha value is -1.26. The fourth-order valence-corrected chi connectivity index (χ4v) is 2.20. The Morgan fingerprint density at radius 1 is 1.35 bits per heavy atom. The lowest BCUT2D eigenvalue weighted by atomic mass is 9.92. The first kappa shape index (κ1) is 16.8. The zero-order valence-electron chi connectivity index (χ0n) is 13.1. The maximum absolute atomic E-state index is 9.48. The summed E-state index contributed by atoms with van der Waals surface area (Å²) in [6, 6.07) is 8.07. The Kier molecular flexibility index (Phi) is 6.82. The van der Waals surface area contributed by atoms with E-state index in [9.17, 15) is 5.11 Å². The van der Waals surface area contributed by atoms with E-state index in [1.54, 1.807) is 0 Å². The van der Waals surface area contributed by atoms with Crippen LogP contribution in [0.1, 0.15) is 26.2 Å². The molecule has 0 radical (unpaired) electrons. The van der Waals surface area contributed by atoms with E-state index in [1.165, 1.54) is 0 Å². The fourth-order valence-electron chi connectivity index (χ4n) is 2.20. The molecule has 0 saturated carbocycles. The van der Waals surface area contributed by atoms with E-state index in [1.807, 2.05) is 39.3 Å². The quantitative estimate of drug-likeness (QED) is 0.681. The van der Waals surface area contributed by atoms with Crippen LogP contribution in [-0.2, 0) is 0 Å².